The molecular formula is C12H14INO3S. The number of hydrogen-bond donors (Lipinski definition) is 1. The lowest BCUT2D eigenvalue weighted by molar-refractivity contribution is -0.113. The smallest absolute Gasteiger partial charge is 0.239 e. The maximum atomic E-state index is 11.6. The molecule has 6 heteroatoms. The predicted molar refractivity (Wildman–Crippen MR) is 81.4 cm³/mol. The zero-order valence-electron chi connectivity index (χ0n) is 9.94. The number of rotatable bonds is 5. The summed E-state index contributed by atoms with van der Waals surface area (Å²) in [6, 6.07) is 5.52. The molecule has 0 saturated heterocycles. The quantitative estimate of drug-likeness (QED) is 0.630. The minimum absolute atomic E-state index is 0.188. The van der Waals surface area contributed by atoms with Gasteiger partial charge < -0.3 is 5.32 Å². The molecule has 0 saturated carbocycles. The van der Waals surface area contributed by atoms with E-state index in [1.807, 2.05) is 19.1 Å². The molecule has 0 fully saturated rings. The van der Waals surface area contributed by atoms with Crippen LogP contribution in [-0.2, 0) is 14.6 Å². The molecule has 0 aliphatic heterocycles. The van der Waals surface area contributed by atoms with Gasteiger partial charge in [0.1, 0.15) is 5.75 Å². The number of sulfone groups is 1. The Morgan fingerprint density at radius 1 is 1.50 bits per heavy atom. The van der Waals surface area contributed by atoms with E-state index in [4.69, 9.17) is 0 Å². The summed E-state index contributed by atoms with van der Waals surface area (Å²) in [5, 5.41) is 2.60. The molecule has 0 aliphatic carbocycles. The Kier molecular flexibility index (Phi) is 5.33. The lowest BCUT2D eigenvalue weighted by Crippen LogP contribution is -2.24. The highest BCUT2D eigenvalue weighted by Gasteiger charge is 2.15. The first-order valence-corrected chi connectivity index (χ1v) is 8.11. The first-order valence-electron chi connectivity index (χ1n) is 5.21. The van der Waals surface area contributed by atoms with Crippen LogP contribution in [0.15, 0.2) is 30.9 Å². The second-order valence-corrected chi connectivity index (χ2v) is 7.21. The van der Waals surface area contributed by atoms with Gasteiger partial charge in [-0.15, -0.1) is 6.58 Å². The van der Waals surface area contributed by atoms with E-state index < -0.39 is 21.5 Å². The molecule has 0 aromatic heterocycles. The number of aryl methyl sites for hydroxylation is 1. The fourth-order valence-corrected chi connectivity index (χ4v) is 2.99. The third-order valence-corrected chi connectivity index (χ3v) is 4.30. The lowest BCUT2D eigenvalue weighted by Gasteiger charge is -2.08. The number of benzene rings is 1. The first kappa shape index (κ1) is 15.2. The molecule has 1 N–H and O–H groups in total. The number of anilines is 1. The molecule has 0 aliphatic rings. The average Bonchev–Trinajstić information content (AvgIpc) is 2.21. The van der Waals surface area contributed by atoms with Gasteiger partial charge in [0.25, 0.3) is 0 Å². The third kappa shape index (κ3) is 4.77. The monoisotopic (exact) mass is 379 g/mol. The Labute approximate surface area is 121 Å². The standard InChI is InChI=1S/C12H14INO3S/c1-3-6-18(16,17)8-12(15)14-11-5-4-10(13)7-9(11)2/h3-5,7H,1,6,8H2,2H3,(H,14,15). The summed E-state index contributed by atoms with van der Waals surface area (Å²) in [6.45, 7) is 5.21. The minimum Gasteiger partial charge on any atom is -0.325 e. The van der Waals surface area contributed by atoms with E-state index in [-0.39, 0.29) is 5.75 Å². The molecule has 0 bridgehead atoms. The van der Waals surface area contributed by atoms with Crippen LogP contribution >= 0.6 is 22.6 Å². The normalized spacial score (nSPS) is 11.0. The van der Waals surface area contributed by atoms with Gasteiger partial charge in [-0.1, -0.05) is 6.08 Å². The van der Waals surface area contributed by atoms with Crippen molar-refractivity contribution in [3.05, 3.63) is 40.0 Å². The zero-order valence-corrected chi connectivity index (χ0v) is 12.9. The summed E-state index contributed by atoms with van der Waals surface area (Å²) in [4.78, 5) is 11.6. The van der Waals surface area contributed by atoms with Crippen molar-refractivity contribution in [3.8, 4) is 0 Å². The SMILES string of the molecule is C=CCS(=O)(=O)CC(=O)Nc1ccc(I)cc1C. The molecule has 0 radical (unpaired) electrons. The molecule has 0 unspecified atom stereocenters. The Morgan fingerprint density at radius 2 is 2.17 bits per heavy atom. The van der Waals surface area contributed by atoms with Gasteiger partial charge in [0.05, 0.1) is 5.75 Å². The highest BCUT2D eigenvalue weighted by atomic mass is 127. The van der Waals surface area contributed by atoms with Crippen LogP contribution in [-0.4, -0.2) is 25.8 Å². The van der Waals surface area contributed by atoms with E-state index in [1.54, 1.807) is 6.07 Å². The van der Waals surface area contributed by atoms with Crippen molar-refractivity contribution in [2.75, 3.05) is 16.8 Å². The van der Waals surface area contributed by atoms with Crippen LogP contribution in [0.5, 0.6) is 0 Å². The Balaban J connectivity index is 2.74. The predicted octanol–water partition coefficient (Wildman–Crippen LogP) is 2.14. The van der Waals surface area contributed by atoms with E-state index in [0.717, 1.165) is 9.13 Å². The van der Waals surface area contributed by atoms with Crippen LogP contribution in [0.2, 0.25) is 0 Å². The van der Waals surface area contributed by atoms with Crippen molar-refractivity contribution in [1.29, 1.82) is 0 Å². The van der Waals surface area contributed by atoms with Crippen molar-refractivity contribution < 1.29 is 13.2 Å². The Morgan fingerprint density at radius 3 is 2.72 bits per heavy atom. The molecule has 98 valence electrons. The fourth-order valence-electron chi connectivity index (χ4n) is 1.39. The topological polar surface area (TPSA) is 63.2 Å². The van der Waals surface area contributed by atoms with Gasteiger partial charge in [0.2, 0.25) is 5.91 Å². The van der Waals surface area contributed by atoms with Crippen LogP contribution in [0.25, 0.3) is 0 Å². The van der Waals surface area contributed by atoms with E-state index in [1.165, 1.54) is 6.08 Å². The molecule has 0 atom stereocenters. The number of carbonyl (C=O) groups is 1. The summed E-state index contributed by atoms with van der Waals surface area (Å²) < 4.78 is 23.9. The summed E-state index contributed by atoms with van der Waals surface area (Å²) in [6.07, 6.45) is 1.28. The molecule has 1 aromatic rings. The van der Waals surface area contributed by atoms with Gasteiger partial charge in [0.15, 0.2) is 9.84 Å². The zero-order chi connectivity index (χ0) is 13.8. The van der Waals surface area contributed by atoms with Crippen LogP contribution in [0, 0.1) is 10.5 Å². The van der Waals surface area contributed by atoms with Crippen molar-refractivity contribution in [2.45, 2.75) is 6.92 Å². The van der Waals surface area contributed by atoms with Crippen molar-refractivity contribution in [2.24, 2.45) is 0 Å². The van der Waals surface area contributed by atoms with E-state index in [2.05, 4.69) is 34.5 Å². The number of nitrogens with one attached hydrogen (secondary N) is 1. The second-order valence-electron chi connectivity index (χ2n) is 3.85. The molecule has 18 heavy (non-hydrogen) atoms. The fraction of sp³-hybridized carbons (Fsp3) is 0.250. The number of carbonyl (C=O) groups excluding carboxylic acids is 1. The van der Waals surface area contributed by atoms with E-state index in [0.29, 0.717) is 5.69 Å². The van der Waals surface area contributed by atoms with Crippen molar-refractivity contribution in [1.82, 2.24) is 0 Å². The van der Waals surface area contributed by atoms with Gasteiger partial charge in [0, 0.05) is 9.26 Å². The van der Waals surface area contributed by atoms with Crippen LogP contribution in [0.3, 0.4) is 0 Å². The summed E-state index contributed by atoms with van der Waals surface area (Å²) in [7, 11) is -3.40. The number of halogens is 1. The summed E-state index contributed by atoms with van der Waals surface area (Å²) >= 11 is 2.17. The van der Waals surface area contributed by atoms with E-state index in [9.17, 15) is 13.2 Å². The number of hydrogen-bond acceptors (Lipinski definition) is 3. The van der Waals surface area contributed by atoms with Crippen LogP contribution in [0.1, 0.15) is 5.56 Å². The number of amides is 1. The summed E-state index contributed by atoms with van der Waals surface area (Å²) in [5.41, 5.74) is 1.53. The molecule has 1 amide bonds. The first-order chi connectivity index (χ1) is 8.34. The van der Waals surface area contributed by atoms with Crippen molar-refractivity contribution >= 4 is 44.0 Å². The highest BCUT2D eigenvalue weighted by Crippen LogP contribution is 2.17. The molecule has 4 nitrogen and oxygen atoms in total. The largest absolute Gasteiger partial charge is 0.325 e. The van der Waals surface area contributed by atoms with Crippen molar-refractivity contribution in [3.63, 3.8) is 0 Å². The van der Waals surface area contributed by atoms with Gasteiger partial charge in [-0.05, 0) is 53.3 Å². The Hall–Kier alpha value is -0.890. The van der Waals surface area contributed by atoms with Crippen LogP contribution < -0.4 is 5.32 Å². The average molecular weight is 379 g/mol. The molecule has 0 heterocycles. The molecule has 1 rings (SSSR count). The highest BCUT2D eigenvalue weighted by molar-refractivity contribution is 14.1. The van der Waals surface area contributed by atoms with E-state index >= 15 is 0 Å². The lowest BCUT2D eigenvalue weighted by atomic mass is 10.2. The third-order valence-electron chi connectivity index (χ3n) is 2.19. The molecular weight excluding hydrogens is 365 g/mol. The van der Waals surface area contributed by atoms with Gasteiger partial charge >= 0.3 is 0 Å². The second kappa shape index (κ2) is 6.33. The maximum Gasteiger partial charge on any atom is 0.239 e. The molecule has 1 aromatic carbocycles. The van der Waals surface area contributed by atoms with Gasteiger partial charge in [-0.3, -0.25) is 4.79 Å². The summed E-state index contributed by atoms with van der Waals surface area (Å²) in [5.74, 6) is -1.24. The Bertz CT molecular complexity index is 567. The maximum absolute atomic E-state index is 11.6. The van der Waals surface area contributed by atoms with Gasteiger partial charge in [-0.25, -0.2) is 8.42 Å². The minimum atomic E-state index is -3.40. The van der Waals surface area contributed by atoms with Gasteiger partial charge in [-0.2, -0.15) is 0 Å². The van der Waals surface area contributed by atoms with Crippen LogP contribution in [0.4, 0.5) is 5.69 Å². The molecule has 0 spiro atoms.